The van der Waals surface area contributed by atoms with Crippen LogP contribution in [0.5, 0.6) is 11.5 Å². The summed E-state index contributed by atoms with van der Waals surface area (Å²) >= 11 is 0. The van der Waals surface area contributed by atoms with E-state index in [1.165, 1.54) is 13.2 Å². The van der Waals surface area contributed by atoms with E-state index < -0.39 is 21.4 Å². The zero-order chi connectivity index (χ0) is 25.5. The van der Waals surface area contributed by atoms with Gasteiger partial charge in [0.2, 0.25) is 0 Å². The Bertz CT molecular complexity index is 1120. The van der Waals surface area contributed by atoms with Crippen molar-refractivity contribution in [2.75, 3.05) is 32.6 Å². The molecule has 0 saturated carbocycles. The summed E-state index contributed by atoms with van der Waals surface area (Å²) in [6.45, 7) is 7.65. The zero-order valence-electron chi connectivity index (χ0n) is 19.9. The number of benzene rings is 1. The lowest BCUT2D eigenvalue weighted by Crippen LogP contribution is -2.59. The Balaban J connectivity index is 1.83. The first-order valence-corrected chi connectivity index (χ1v) is 12.1. The summed E-state index contributed by atoms with van der Waals surface area (Å²) in [5.41, 5.74) is -4.67. The number of piperidine rings is 1. The smallest absolute Gasteiger partial charge is 0.496 e. The fraction of sp³-hybridized carbons (Fsp3) is 0.545. The number of hydrogen-bond acceptors (Lipinski definition) is 8. The van der Waals surface area contributed by atoms with E-state index in [1.807, 2.05) is 13.1 Å². The Labute approximate surface area is 197 Å². The van der Waals surface area contributed by atoms with Gasteiger partial charge < -0.3 is 18.7 Å². The number of anilines is 1. The van der Waals surface area contributed by atoms with Crippen LogP contribution in [0, 0.1) is 5.92 Å². The number of alkyl halides is 3. The first kappa shape index (κ1) is 26.0. The summed E-state index contributed by atoms with van der Waals surface area (Å²) in [6.07, 6.45) is 0.983. The summed E-state index contributed by atoms with van der Waals surface area (Å²) < 4.78 is 69.7. The molecule has 2 atom stereocenters. The van der Waals surface area contributed by atoms with Crippen LogP contribution < -0.4 is 13.8 Å². The molecular formula is C22H29F3N4O4S. The van der Waals surface area contributed by atoms with Crippen molar-refractivity contribution in [1.29, 1.82) is 0 Å². The van der Waals surface area contributed by atoms with Gasteiger partial charge in [-0.05, 0) is 57.5 Å². The molecule has 3 rings (SSSR count). The van der Waals surface area contributed by atoms with Crippen LogP contribution in [0.2, 0.25) is 0 Å². The topological polar surface area (TPSA) is 84.9 Å². The molecule has 1 aromatic heterocycles. The Morgan fingerprint density at radius 2 is 1.85 bits per heavy atom. The fourth-order valence-electron chi connectivity index (χ4n) is 4.15. The maximum atomic E-state index is 12.6. The van der Waals surface area contributed by atoms with Crippen molar-refractivity contribution in [1.82, 2.24) is 15.1 Å². The van der Waals surface area contributed by atoms with Gasteiger partial charge in [0.1, 0.15) is 11.5 Å². The number of likely N-dealkylation sites (tertiary alicyclic amines) is 1. The largest absolute Gasteiger partial charge is 0.534 e. The highest BCUT2D eigenvalue weighted by Gasteiger charge is 2.48. The monoisotopic (exact) mass is 502 g/mol. The first-order chi connectivity index (χ1) is 15.7. The van der Waals surface area contributed by atoms with Crippen LogP contribution in [0.1, 0.15) is 27.2 Å². The number of hydrogen-bond donors (Lipinski definition) is 0. The van der Waals surface area contributed by atoms with E-state index >= 15 is 0 Å². The van der Waals surface area contributed by atoms with Crippen LogP contribution in [-0.2, 0) is 10.1 Å². The zero-order valence-corrected chi connectivity index (χ0v) is 20.7. The lowest BCUT2D eigenvalue weighted by Gasteiger charge is -2.51. The molecule has 2 heterocycles. The molecular weight excluding hydrogens is 473 g/mol. The molecule has 0 amide bonds. The van der Waals surface area contributed by atoms with E-state index in [0.29, 0.717) is 23.0 Å². The molecule has 0 bridgehead atoms. The molecule has 188 valence electrons. The number of ether oxygens (including phenoxy) is 1. The molecule has 1 fully saturated rings. The lowest BCUT2D eigenvalue weighted by atomic mass is 9.77. The van der Waals surface area contributed by atoms with Crippen molar-refractivity contribution in [3.63, 3.8) is 0 Å². The Kier molecular flexibility index (Phi) is 7.05. The van der Waals surface area contributed by atoms with Gasteiger partial charge in [-0.15, -0.1) is 10.2 Å². The van der Waals surface area contributed by atoms with Gasteiger partial charge in [-0.25, -0.2) is 0 Å². The second-order valence-electron chi connectivity index (χ2n) is 8.95. The molecule has 1 aliphatic rings. The normalized spacial score (nSPS) is 21.2. The van der Waals surface area contributed by atoms with E-state index in [2.05, 4.69) is 52.0 Å². The molecule has 8 nitrogen and oxygen atoms in total. The van der Waals surface area contributed by atoms with Gasteiger partial charge in [0.05, 0.1) is 12.8 Å². The van der Waals surface area contributed by atoms with Crippen LogP contribution in [0.15, 0.2) is 30.3 Å². The molecule has 1 saturated heterocycles. The minimum Gasteiger partial charge on any atom is -0.496 e. The molecule has 0 radical (unpaired) electrons. The second-order valence-corrected chi connectivity index (χ2v) is 10.5. The van der Waals surface area contributed by atoms with Gasteiger partial charge in [0, 0.05) is 36.8 Å². The number of halogens is 3. The highest BCUT2D eigenvalue weighted by Crippen LogP contribution is 2.37. The quantitative estimate of drug-likeness (QED) is 0.434. The average Bonchev–Trinajstić information content (AvgIpc) is 2.76. The van der Waals surface area contributed by atoms with Crippen molar-refractivity contribution >= 4 is 15.9 Å². The predicted molar refractivity (Wildman–Crippen MR) is 122 cm³/mol. The minimum absolute atomic E-state index is 0.0291. The SMILES string of the molecule is COc1cc(OS(=O)(=O)C(F)(F)F)ccc1-c1ccc(N(C)C2CCN(C)C(C)(C)C2C)nn1. The third-order valence-corrected chi connectivity index (χ3v) is 7.86. The molecule has 1 aliphatic heterocycles. The Hall–Kier alpha value is -2.60. The molecule has 2 unspecified atom stereocenters. The highest BCUT2D eigenvalue weighted by atomic mass is 32.2. The highest BCUT2D eigenvalue weighted by molar-refractivity contribution is 7.88. The van der Waals surface area contributed by atoms with Crippen molar-refractivity contribution in [2.24, 2.45) is 5.92 Å². The Morgan fingerprint density at radius 1 is 1.18 bits per heavy atom. The van der Waals surface area contributed by atoms with Gasteiger partial charge in [0.25, 0.3) is 0 Å². The summed E-state index contributed by atoms with van der Waals surface area (Å²) in [4.78, 5) is 4.47. The summed E-state index contributed by atoms with van der Waals surface area (Å²) in [6, 6.07) is 7.35. The van der Waals surface area contributed by atoms with Crippen molar-refractivity contribution in [3.8, 4) is 22.8 Å². The molecule has 12 heteroatoms. The van der Waals surface area contributed by atoms with Gasteiger partial charge in [-0.2, -0.15) is 21.6 Å². The van der Waals surface area contributed by atoms with Gasteiger partial charge in [-0.1, -0.05) is 6.92 Å². The van der Waals surface area contributed by atoms with E-state index in [-0.39, 0.29) is 17.3 Å². The van der Waals surface area contributed by atoms with E-state index in [0.717, 1.165) is 25.1 Å². The van der Waals surface area contributed by atoms with Crippen LogP contribution in [0.4, 0.5) is 19.0 Å². The van der Waals surface area contributed by atoms with Crippen LogP contribution >= 0.6 is 0 Å². The third kappa shape index (κ3) is 4.92. The second kappa shape index (κ2) is 9.21. The van der Waals surface area contributed by atoms with Crippen molar-refractivity contribution < 1.29 is 30.5 Å². The third-order valence-electron chi connectivity index (χ3n) is 6.88. The molecule has 34 heavy (non-hydrogen) atoms. The van der Waals surface area contributed by atoms with Crippen molar-refractivity contribution in [2.45, 2.75) is 44.3 Å². The van der Waals surface area contributed by atoms with Gasteiger partial charge in [0.15, 0.2) is 5.82 Å². The van der Waals surface area contributed by atoms with Gasteiger partial charge >= 0.3 is 15.6 Å². The van der Waals surface area contributed by atoms with Gasteiger partial charge in [-0.3, -0.25) is 0 Å². The van der Waals surface area contributed by atoms with Crippen LogP contribution in [0.3, 0.4) is 0 Å². The standard InChI is InChI=1S/C22H29F3N4O4S/c1-14-18(11-12-28(4)21(14,2)3)29(5)20-10-9-17(26-27-20)16-8-7-15(13-19(16)32-6)33-34(30,31)22(23,24)25/h7-10,13-14,18H,11-12H2,1-6H3. The molecule has 0 N–H and O–H groups in total. The maximum absolute atomic E-state index is 12.6. The van der Waals surface area contributed by atoms with E-state index in [4.69, 9.17) is 4.74 Å². The molecule has 0 spiro atoms. The van der Waals surface area contributed by atoms with E-state index in [1.54, 1.807) is 6.07 Å². The maximum Gasteiger partial charge on any atom is 0.534 e. The van der Waals surface area contributed by atoms with Crippen LogP contribution in [-0.4, -0.2) is 68.4 Å². The van der Waals surface area contributed by atoms with Crippen LogP contribution in [0.25, 0.3) is 11.3 Å². The Morgan fingerprint density at radius 3 is 2.41 bits per heavy atom. The summed E-state index contributed by atoms with van der Waals surface area (Å²) in [5.74, 6) is 0.631. The average molecular weight is 503 g/mol. The fourth-order valence-corrected chi connectivity index (χ4v) is 4.60. The first-order valence-electron chi connectivity index (χ1n) is 10.7. The summed E-state index contributed by atoms with van der Waals surface area (Å²) in [5, 5.41) is 8.62. The number of aromatic nitrogens is 2. The predicted octanol–water partition coefficient (Wildman–Crippen LogP) is 3.94. The number of nitrogens with zero attached hydrogens (tertiary/aromatic N) is 4. The van der Waals surface area contributed by atoms with E-state index in [9.17, 15) is 21.6 Å². The molecule has 0 aliphatic carbocycles. The molecule has 2 aromatic rings. The van der Waals surface area contributed by atoms with Crippen molar-refractivity contribution in [3.05, 3.63) is 30.3 Å². The summed E-state index contributed by atoms with van der Waals surface area (Å²) in [7, 11) is -0.368. The number of methoxy groups -OCH3 is 1. The number of rotatable bonds is 6. The lowest BCUT2D eigenvalue weighted by molar-refractivity contribution is -0.0500. The molecule has 1 aromatic carbocycles. The minimum atomic E-state index is -5.79.